The molecule has 112 valence electrons. The van der Waals surface area contributed by atoms with Crippen LogP contribution < -0.4 is 10.2 Å². The standard InChI is InChI=1S/C15H26N4O/c1-4-14-9-19(11(2)10-20-3)15(17-14)18-7-12-5-16-6-13(12)8-18/h9,11-13,16H,4-8,10H2,1-3H3. The lowest BCUT2D eigenvalue weighted by atomic mass is 10.0. The zero-order valence-corrected chi connectivity index (χ0v) is 12.8. The van der Waals surface area contributed by atoms with Gasteiger partial charge in [-0.15, -0.1) is 0 Å². The van der Waals surface area contributed by atoms with Crippen LogP contribution in [-0.2, 0) is 11.2 Å². The van der Waals surface area contributed by atoms with Crippen molar-refractivity contribution >= 4 is 5.95 Å². The van der Waals surface area contributed by atoms with E-state index in [1.165, 1.54) is 5.69 Å². The Morgan fingerprint density at radius 3 is 2.70 bits per heavy atom. The number of rotatable bonds is 5. The number of imidazole rings is 1. The molecule has 0 spiro atoms. The van der Waals surface area contributed by atoms with Crippen LogP contribution in [0.1, 0.15) is 25.6 Å². The van der Waals surface area contributed by atoms with Gasteiger partial charge < -0.3 is 19.5 Å². The molecule has 1 N–H and O–H groups in total. The largest absolute Gasteiger partial charge is 0.383 e. The summed E-state index contributed by atoms with van der Waals surface area (Å²) in [5.74, 6) is 2.73. The molecule has 20 heavy (non-hydrogen) atoms. The van der Waals surface area contributed by atoms with Gasteiger partial charge in [0.05, 0.1) is 18.3 Å². The topological polar surface area (TPSA) is 42.3 Å². The van der Waals surface area contributed by atoms with E-state index in [2.05, 4.69) is 34.8 Å². The monoisotopic (exact) mass is 278 g/mol. The molecule has 3 atom stereocenters. The lowest BCUT2D eigenvalue weighted by Crippen LogP contribution is -2.29. The van der Waals surface area contributed by atoms with Crippen molar-refractivity contribution in [2.45, 2.75) is 26.3 Å². The number of methoxy groups -OCH3 is 1. The molecule has 2 saturated heterocycles. The molecular weight excluding hydrogens is 252 g/mol. The van der Waals surface area contributed by atoms with Crippen LogP contribution in [0.5, 0.6) is 0 Å². The van der Waals surface area contributed by atoms with E-state index in [0.29, 0.717) is 6.04 Å². The van der Waals surface area contributed by atoms with E-state index in [9.17, 15) is 0 Å². The van der Waals surface area contributed by atoms with Crippen molar-refractivity contribution in [2.75, 3.05) is 44.8 Å². The first-order valence-corrected chi connectivity index (χ1v) is 7.75. The summed E-state index contributed by atoms with van der Waals surface area (Å²) in [4.78, 5) is 7.33. The highest BCUT2D eigenvalue weighted by Gasteiger charge is 2.37. The van der Waals surface area contributed by atoms with Crippen molar-refractivity contribution in [1.82, 2.24) is 14.9 Å². The maximum atomic E-state index is 5.32. The summed E-state index contributed by atoms with van der Waals surface area (Å²) in [6, 6.07) is 0.335. The van der Waals surface area contributed by atoms with Gasteiger partial charge in [0.1, 0.15) is 0 Å². The number of aryl methyl sites for hydroxylation is 1. The molecule has 0 saturated carbocycles. The molecule has 2 aliphatic heterocycles. The third-order valence-corrected chi connectivity index (χ3v) is 4.68. The number of aromatic nitrogens is 2. The zero-order chi connectivity index (χ0) is 14.1. The fourth-order valence-corrected chi connectivity index (χ4v) is 3.50. The van der Waals surface area contributed by atoms with E-state index in [-0.39, 0.29) is 0 Å². The summed E-state index contributed by atoms with van der Waals surface area (Å²) in [7, 11) is 1.76. The molecule has 0 bridgehead atoms. The van der Waals surface area contributed by atoms with Crippen LogP contribution in [-0.4, -0.2) is 49.4 Å². The maximum Gasteiger partial charge on any atom is 0.206 e. The zero-order valence-electron chi connectivity index (χ0n) is 12.8. The molecule has 0 radical (unpaired) electrons. The summed E-state index contributed by atoms with van der Waals surface area (Å²) >= 11 is 0. The highest BCUT2D eigenvalue weighted by atomic mass is 16.5. The minimum atomic E-state index is 0.335. The van der Waals surface area contributed by atoms with Crippen molar-refractivity contribution in [1.29, 1.82) is 0 Å². The lowest BCUT2D eigenvalue weighted by molar-refractivity contribution is 0.162. The van der Waals surface area contributed by atoms with Crippen molar-refractivity contribution in [3.63, 3.8) is 0 Å². The number of hydrogen-bond donors (Lipinski definition) is 1. The average molecular weight is 278 g/mol. The molecule has 2 aliphatic rings. The first kappa shape index (κ1) is 13.9. The van der Waals surface area contributed by atoms with Crippen molar-refractivity contribution in [3.8, 4) is 0 Å². The SMILES string of the molecule is CCc1cn(C(C)COC)c(N2CC3CNCC3C2)n1. The highest BCUT2D eigenvalue weighted by Crippen LogP contribution is 2.31. The minimum absolute atomic E-state index is 0.335. The van der Waals surface area contributed by atoms with Gasteiger partial charge in [-0.1, -0.05) is 6.92 Å². The second-order valence-electron chi connectivity index (χ2n) is 6.18. The Kier molecular flexibility index (Phi) is 3.98. The Bertz CT molecular complexity index is 447. The Hall–Kier alpha value is -1.07. The second-order valence-corrected chi connectivity index (χ2v) is 6.18. The van der Waals surface area contributed by atoms with Crippen LogP contribution in [0.3, 0.4) is 0 Å². The van der Waals surface area contributed by atoms with E-state index in [4.69, 9.17) is 9.72 Å². The van der Waals surface area contributed by atoms with Crippen molar-refractivity contribution in [2.24, 2.45) is 11.8 Å². The van der Waals surface area contributed by atoms with Gasteiger partial charge in [0.25, 0.3) is 0 Å². The fourth-order valence-electron chi connectivity index (χ4n) is 3.50. The van der Waals surface area contributed by atoms with Crippen LogP contribution in [0.2, 0.25) is 0 Å². The van der Waals surface area contributed by atoms with Crippen LogP contribution in [0.15, 0.2) is 6.20 Å². The Morgan fingerprint density at radius 2 is 2.10 bits per heavy atom. The molecule has 1 aromatic rings. The number of hydrogen-bond acceptors (Lipinski definition) is 4. The van der Waals surface area contributed by atoms with Gasteiger partial charge >= 0.3 is 0 Å². The van der Waals surface area contributed by atoms with Gasteiger partial charge in [0, 0.05) is 39.5 Å². The average Bonchev–Trinajstić information content (AvgIpc) is 3.11. The number of ether oxygens (including phenoxy) is 1. The summed E-state index contributed by atoms with van der Waals surface area (Å²) in [6.07, 6.45) is 3.19. The minimum Gasteiger partial charge on any atom is -0.383 e. The number of nitrogens with zero attached hydrogens (tertiary/aromatic N) is 3. The predicted octanol–water partition coefficient (Wildman–Crippen LogP) is 1.31. The van der Waals surface area contributed by atoms with Crippen LogP contribution in [0.25, 0.3) is 0 Å². The Labute approximate surface area is 121 Å². The third-order valence-electron chi connectivity index (χ3n) is 4.68. The van der Waals surface area contributed by atoms with E-state index < -0.39 is 0 Å². The molecule has 2 fully saturated rings. The number of fused-ring (bicyclic) bond motifs is 1. The molecule has 3 heterocycles. The number of nitrogens with one attached hydrogen (secondary N) is 1. The Balaban J connectivity index is 1.82. The molecule has 0 aliphatic carbocycles. The van der Waals surface area contributed by atoms with Gasteiger partial charge in [-0.25, -0.2) is 4.98 Å². The molecule has 1 aromatic heterocycles. The third kappa shape index (κ3) is 2.44. The smallest absolute Gasteiger partial charge is 0.206 e. The summed E-state index contributed by atoms with van der Waals surface area (Å²) in [5, 5.41) is 3.50. The normalized spacial score (nSPS) is 27.1. The van der Waals surface area contributed by atoms with E-state index >= 15 is 0 Å². The molecule has 3 rings (SSSR count). The number of anilines is 1. The first-order chi connectivity index (χ1) is 9.72. The predicted molar refractivity (Wildman–Crippen MR) is 80.3 cm³/mol. The molecule has 5 nitrogen and oxygen atoms in total. The highest BCUT2D eigenvalue weighted by molar-refractivity contribution is 5.37. The molecule has 3 unspecified atom stereocenters. The van der Waals surface area contributed by atoms with E-state index in [0.717, 1.165) is 57.0 Å². The molecular formula is C15H26N4O. The van der Waals surface area contributed by atoms with Gasteiger partial charge in [-0.3, -0.25) is 0 Å². The van der Waals surface area contributed by atoms with E-state index in [1.807, 2.05) is 0 Å². The quantitative estimate of drug-likeness (QED) is 0.882. The molecule has 0 amide bonds. The van der Waals surface area contributed by atoms with Gasteiger partial charge in [-0.05, 0) is 25.2 Å². The van der Waals surface area contributed by atoms with Crippen LogP contribution >= 0.6 is 0 Å². The first-order valence-electron chi connectivity index (χ1n) is 7.75. The second kappa shape index (κ2) is 5.74. The lowest BCUT2D eigenvalue weighted by Gasteiger charge is -2.23. The molecule has 0 aromatic carbocycles. The molecule has 5 heteroatoms. The Morgan fingerprint density at radius 1 is 1.40 bits per heavy atom. The summed E-state index contributed by atoms with van der Waals surface area (Å²) in [5.41, 5.74) is 1.18. The van der Waals surface area contributed by atoms with Crippen LogP contribution in [0, 0.1) is 11.8 Å². The van der Waals surface area contributed by atoms with Gasteiger partial charge in [0.15, 0.2) is 0 Å². The summed E-state index contributed by atoms with van der Waals surface area (Å²) < 4.78 is 7.62. The van der Waals surface area contributed by atoms with Crippen molar-refractivity contribution in [3.05, 3.63) is 11.9 Å². The van der Waals surface area contributed by atoms with Gasteiger partial charge in [-0.2, -0.15) is 0 Å². The summed E-state index contributed by atoms with van der Waals surface area (Å²) in [6.45, 7) is 9.70. The van der Waals surface area contributed by atoms with Crippen LogP contribution in [0.4, 0.5) is 5.95 Å². The van der Waals surface area contributed by atoms with Gasteiger partial charge in [0.2, 0.25) is 5.95 Å². The maximum absolute atomic E-state index is 5.32. The van der Waals surface area contributed by atoms with Crippen molar-refractivity contribution < 1.29 is 4.74 Å². The fraction of sp³-hybridized carbons (Fsp3) is 0.800. The van der Waals surface area contributed by atoms with E-state index in [1.54, 1.807) is 7.11 Å².